The molecular formula is C16H24N2OSi. The SMILES string of the molecule is CC(C)[Si](C#Cc1ncc(C=O)cn1)(C(C)C)C(C)C. The molecule has 20 heavy (non-hydrogen) atoms. The number of aldehydes is 1. The Bertz CT molecular complexity index is 488. The van der Waals surface area contributed by atoms with Crippen LogP contribution in [-0.4, -0.2) is 24.3 Å². The molecule has 0 amide bonds. The third kappa shape index (κ3) is 3.34. The van der Waals surface area contributed by atoms with Gasteiger partial charge in [-0.3, -0.25) is 4.79 Å². The van der Waals surface area contributed by atoms with Crippen molar-refractivity contribution in [2.45, 2.75) is 58.2 Å². The van der Waals surface area contributed by atoms with Crippen molar-refractivity contribution in [1.82, 2.24) is 9.97 Å². The quantitative estimate of drug-likeness (QED) is 0.480. The van der Waals surface area contributed by atoms with Gasteiger partial charge in [0.05, 0.1) is 5.56 Å². The van der Waals surface area contributed by atoms with Crippen molar-refractivity contribution in [3.63, 3.8) is 0 Å². The smallest absolute Gasteiger partial charge is 0.204 e. The van der Waals surface area contributed by atoms with Gasteiger partial charge in [-0.05, 0) is 22.5 Å². The van der Waals surface area contributed by atoms with E-state index in [4.69, 9.17) is 0 Å². The standard InChI is InChI=1S/C16H24N2OSi/c1-12(2)20(13(3)4,14(5)6)8-7-16-17-9-15(11-19)10-18-16/h9-14H,1-6H3. The van der Waals surface area contributed by atoms with Gasteiger partial charge in [0, 0.05) is 12.4 Å². The summed E-state index contributed by atoms with van der Waals surface area (Å²) in [4.78, 5) is 18.9. The van der Waals surface area contributed by atoms with Gasteiger partial charge in [-0.15, -0.1) is 5.54 Å². The van der Waals surface area contributed by atoms with E-state index < -0.39 is 8.07 Å². The highest BCUT2D eigenvalue weighted by Gasteiger charge is 2.41. The summed E-state index contributed by atoms with van der Waals surface area (Å²) in [5.74, 6) is 3.66. The fraction of sp³-hybridized carbons (Fsp3) is 0.562. The van der Waals surface area contributed by atoms with Gasteiger partial charge >= 0.3 is 0 Å². The summed E-state index contributed by atoms with van der Waals surface area (Å²) in [6.45, 7) is 13.7. The second kappa shape index (κ2) is 6.80. The van der Waals surface area contributed by atoms with Crippen molar-refractivity contribution in [2.75, 3.05) is 0 Å². The van der Waals surface area contributed by atoms with E-state index in [-0.39, 0.29) is 0 Å². The second-order valence-electron chi connectivity index (χ2n) is 6.10. The molecule has 0 bridgehead atoms. The summed E-state index contributed by atoms with van der Waals surface area (Å²) in [5.41, 5.74) is 5.80. The highest BCUT2D eigenvalue weighted by Crippen LogP contribution is 2.40. The highest BCUT2D eigenvalue weighted by molar-refractivity contribution is 6.90. The first-order valence-corrected chi connectivity index (χ1v) is 9.38. The zero-order valence-electron chi connectivity index (χ0n) is 13.3. The number of nitrogens with zero attached hydrogens (tertiary/aromatic N) is 2. The van der Waals surface area contributed by atoms with Gasteiger partial charge < -0.3 is 0 Å². The molecule has 1 aromatic heterocycles. The molecule has 1 aromatic rings. The maximum absolute atomic E-state index is 10.6. The van der Waals surface area contributed by atoms with E-state index >= 15 is 0 Å². The molecule has 0 aliphatic carbocycles. The lowest BCUT2D eigenvalue weighted by molar-refractivity contribution is 0.112. The first-order chi connectivity index (χ1) is 9.34. The van der Waals surface area contributed by atoms with Crippen LogP contribution in [0.15, 0.2) is 12.4 Å². The molecule has 1 rings (SSSR count). The Hall–Kier alpha value is -1.47. The second-order valence-corrected chi connectivity index (χ2v) is 11.7. The monoisotopic (exact) mass is 288 g/mol. The number of aromatic nitrogens is 2. The van der Waals surface area contributed by atoms with Gasteiger partial charge in [-0.25, -0.2) is 9.97 Å². The van der Waals surface area contributed by atoms with Gasteiger partial charge in [0.25, 0.3) is 0 Å². The van der Waals surface area contributed by atoms with Crippen LogP contribution < -0.4 is 0 Å². The maximum atomic E-state index is 10.6. The number of carbonyl (C=O) groups excluding carboxylic acids is 1. The third-order valence-electron chi connectivity index (χ3n) is 4.06. The van der Waals surface area contributed by atoms with Crippen LogP contribution in [0.3, 0.4) is 0 Å². The molecule has 0 saturated heterocycles. The van der Waals surface area contributed by atoms with Crippen molar-refractivity contribution >= 4 is 14.4 Å². The zero-order valence-corrected chi connectivity index (χ0v) is 14.3. The Morgan fingerprint density at radius 2 is 1.45 bits per heavy atom. The molecule has 0 spiro atoms. The van der Waals surface area contributed by atoms with E-state index in [1.54, 1.807) is 0 Å². The van der Waals surface area contributed by atoms with Gasteiger partial charge in [-0.1, -0.05) is 41.5 Å². The van der Waals surface area contributed by atoms with Crippen LogP contribution in [-0.2, 0) is 0 Å². The molecule has 0 N–H and O–H groups in total. The molecule has 1 heterocycles. The van der Waals surface area contributed by atoms with Crippen LogP contribution in [0.2, 0.25) is 16.6 Å². The van der Waals surface area contributed by atoms with E-state index in [1.807, 2.05) is 0 Å². The zero-order chi connectivity index (χ0) is 15.3. The van der Waals surface area contributed by atoms with Gasteiger partial charge in [0.1, 0.15) is 8.07 Å². The number of hydrogen-bond donors (Lipinski definition) is 0. The van der Waals surface area contributed by atoms with Gasteiger partial charge in [0.15, 0.2) is 6.29 Å². The van der Waals surface area contributed by atoms with Crippen LogP contribution in [0.25, 0.3) is 0 Å². The van der Waals surface area contributed by atoms with Crippen molar-refractivity contribution in [2.24, 2.45) is 0 Å². The molecule has 0 saturated carbocycles. The molecule has 3 nitrogen and oxygen atoms in total. The minimum absolute atomic E-state index is 0.482. The van der Waals surface area contributed by atoms with E-state index in [1.165, 1.54) is 12.4 Å². The predicted molar refractivity (Wildman–Crippen MR) is 85.3 cm³/mol. The summed E-state index contributed by atoms with van der Waals surface area (Å²) in [5, 5.41) is 0. The fourth-order valence-electron chi connectivity index (χ4n) is 3.06. The molecule has 0 unspecified atom stereocenters. The van der Waals surface area contributed by atoms with Crippen LogP contribution in [0, 0.1) is 11.5 Å². The van der Waals surface area contributed by atoms with Crippen molar-refractivity contribution in [1.29, 1.82) is 0 Å². The summed E-state index contributed by atoms with van der Waals surface area (Å²) in [7, 11) is -1.74. The molecule has 0 atom stereocenters. The van der Waals surface area contributed by atoms with Crippen LogP contribution in [0.1, 0.15) is 57.7 Å². The number of carbonyl (C=O) groups is 1. The first-order valence-electron chi connectivity index (χ1n) is 7.15. The average molecular weight is 288 g/mol. The molecule has 0 fully saturated rings. The normalized spacial score (nSPS) is 11.7. The first kappa shape index (κ1) is 16.6. The van der Waals surface area contributed by atoms with E-state index in [0.29, 0.717) is 28.0 Å². The van der Waals surface area contributed by atoms with Crippen molar-refractivity contribution in [3.8, 4) is 11.5 Å². The Kier molecular flexibility index (Phi) is 5.64. The van der Waals surface area contributed by atoms with Crippen LogP contribution in [0.4, 0.5) is 0 Å². The largest absolute Gasteiger partial charge is 0.298 e. The van der Waals surface area contributed by atoms with E-state index in [0.717, 1.165) is 6.29 Å². The molecule has 4 heteroatoms. The summed E-state index contributed by atoms with van der Waals surface area (Å²) in [6, 6.07) is 0. The topological polar surface area (TPSA) is 42.9 Å². The Labute approximate surface area is 123 Å². The van der Waals surface area contributed by atoms with Crippen LogP contribution in [0.5, 0.6) is 0 Å². The minimum atomic E-state index is -1.74. The molecule has 0 radical (unpaired) electrons. The lowest BCUT2D eigenvalue weighted by atomic mass is 10.4. The highest BCUT2D eigenvalue weighted by atomic mass is 28.3. The van der Waals surface area contributed by atoms with Crippen molar-refractivity contribution in [3.05, 3.63) is 23.8 Å². The fourth-order valence-corrected chi connectivity index (χ4v) is 8.25. The lowest BCUT2D eigenvalue weighted by Gasteiger charge is -2.37. The van der Waals surface area contributed by atoms with Gasteiger partial charge in [-0.2, -0.15) is 0 Å². The molecule has 0 aromatic carbocycles. The Morgan fingerprint density at radius 1 is 1.00 bits per heavy atom. The predicted octanol–water partition coefficient (Wildman–Crippen LogP) is 3.86. The van der Waals surface area contributed by atoms with Crippen LogP contribution >= 0.6 is 0 Å². The van der Waals surface area contributed by atoms with Gasteiger partial charge in [0.2, 0.25) is 5.82 Å². The lowest BCUT2D eigenvalue weighted by Crippen LogP contribution is -2.43. The summed E-state index contributed by atoms with van der Waals surface area (Å²) >= 11 is 0. The number of hydrogen-bond acceptors (Lipinski definition) is 3. The average Bonchev–Trinajstić information content (AvgIpc) is 2.38. The summed E-state index contributed by atoms with van der Waals surface area (Å²) < 4.78 is 0. The van der Waals surface area contributed by atoms with E-state index in [2.05, 4.69) is 63.0 Å². The number of rotatable bonds is 4. The third-order valence-corrected chi connectivity index (χ3v) is 10.4. The molecule has 0 aliphatic rings. The summed E-state index contributed by atoms with van der Waals surface area (Å²) in [6.07, 6.45) is 3.79. The Balaban J connectivity index is 3.19. The Morgan fingerprint density at radius 3 is 1.80 bits per heavy atom. The minimum Gasteiger partial charge on any atom is -0.298 e. The molecule has 0 aliphatic heterocycles. The maximum Gasteiger partial charge on any atom is 0.204 e. The molecular weight excluding hydrogens is 264 g/mol. The molecule has 108 valence electrons. The van der Waals surface area contributed by atoms with E-state index in [9.17, 15) is 4.79 Å². The van der Waals surface area contributed by atoms with Crippen molar-refractivity contribution < 1.29 is 4.79 Å².